The molecule has 2 heterocycles. The second-order valence-electron chi connectivity index (χ2n) is 5.85. The van der Waals surface area contributed by atoms with Crippen LogP contribution in [0.25, 0.3) is 0 Å². The summed E-state index contributed by atoms with van der Waals surface area (Å²) in [6.45, 7) is 10.6. The molecule has 0 radical (unpaired) electrons. The first kappa shape index (κ1) is 19.4. The first-order valence-corrected chi connectivity index (χ1v) is 9.95. The van der Waals surface area contributed by atoms with E-state index < -0.39 is 0 Å². The number of thiazole rings is 1. The second kappa shape index (κ2) is 10.2. The van der Waals surface area contributed by atoms with Crippen LogP contribution in [0, 0.1) is 6.92 Å². The minimum atomic E-state index is 0.594. The molecular formula is C18H29N5OS. The van der Waals surface area contributed by atoms with E-state index in [-0.39, 0.29) is 0 Å². The predicted molar refractivity (Wildman–Crippen MR) is 103 cm³/mol. The highest BCUT2D eigenvalue weighted by Gasteiger charge is 2.13. The van der Waals surface area contributed by atoms with Crippen LogP contribution in [0.2, 0.25) is 0 Å². The highest BCUT2D eigenvalue weighted by molar-refractivity contribution is 7.09. The largest absolute Gasteiger partial charge is 0.361 e. The Morgan fingerprint density at radius 2 is 2.08 bits per heavy atom. The van der Waals surface area contributed by atoms with Crippen molar-refractivity contribution in [3.63, 3.8) is 0 Å². The van der Waals surface area contributed by atoms with Crippen molar-refractivity contribution in [1.29, 1.82) is 0 Å². The summed E-state index contributed by atoms with van der Waals surface area (Å²) in [5.74, 6) is 1.78. The molecule has 0 saturated carbocycles. The molecule has 0 saturated heterocycles. The number of guanidine groups is 1. The van der Waals surface area contributed by atoms with Gasteiger partial charge in [-0.05, 0) is 26.7 Å². The molecule has 0 amide bonds. The molecule has 0 aliphatic heterocycles. The molecule has 0 aromatic carbocycles. The zero-order valence-electron chi connectivity index (χ0n) is 15.7. The highest BCUT2D eigenvalue weighted by atomic mass is 32.1. The summed E-state index contributed by atoms with van der Waals surface area (Å²) in [7, 11) is 0. The van der Waals surface area contributed by atoms with Gasteiger partial charge in [0.2, 0.25) is 0 Å². The summed E-state index contributed by atoms with van der Waals surface area (Å²) < 4.78 is 5.41. The lowest BCUT2D eigenvalue weighted by atomic mass is 10.1. The van der Waals surface area contributed by atoms with E-state index in [1.165, 1.54) is 5.01 Å². The summed E-state index contributed by atoms with van der Waals surface area (Å²) in [5, 5.41) is 14.1. The fourth-order valence-electron chi connectivity index (χ4n) is 2.58. The smallest absolute Gasteiger partial charge is 0.191 e. The Labute approximate surface area is 154 Å². The Morgan fingerprint density at radius 3 is 2.72 bits per heavy atom. The van der Waals surface area contributed by atoms with Gasteiger partial charge in [-0.1, -0.05) is 19.0 Å². The lowest BCUT2D eigenvalue weighted by Crippen LogP contribution is -2.37. The van der Waals surface area contributed by atoms with Crippen molar-refractivity contribution in [2.75, 3.05) is 13.1 Å². The standard InChI is InChI=1S/C18H29N5OS/c1-5-15-14(16(6-2)24-23-15)11-21-18(19-7-3)20-10-8-9-17-22-13(4)12-25-17/h12H,5-11H2,1-4H3,(H2,19,20,21). The minimum Gasteiger partial charge on any atom is -0.361 e. The molecule has 2 aromatic heterocycles. The lowest BCUT2D eigenvalue weighted by molar-refractivity contribution is 0.380. The lowest BCUT2D eigenvalue weighted by Gasteiger charge is -2.11. The summed E-state index contributed by atoms with van der Waals surface area (Å²) in [6.07, 6.45) is 3.74. The summed E-state index contributed by atoms with van der Waals surface area (Å²) in [6, 6.07) is 0. The van der Waals surface area contributed by atoms with Crippen LogP contribution in [-0.4, -0.2) is 29.2 Å². The maximum absolute atomic E-state index is 5.41. The fraction of sp³-hybridized carbons (Fsp3) is 0.611. The molecule has 0 aliphatic rings. The van der Waals surface area contributed by atoms with E-state index in [1.54, 1.807) is 11.3 Å². The van der Waals surface area contributed by atoms with Crippen LogP contribution in [0.5, 0.6) is 0 Å². The van der Waals surface area contributed by atoms with Crippen molar-refractivity contribution in [3.05, 3.63) is 33.1 Å². The zero-order chi connectivity index (χ0) is 18.1. The van der Waals surface area contributed by atoms with Gasteiger partial charge in [-0.25, -0.2) is 9.98 Å². The molecule has 25 heavy (non-hydrogen) atoms. The van der Waals surface area contributed by atoms with Crippen molar-refractivity contribution in [1.82, 2.24) is 20.8 Å². The van der Waals surface area contributed by atoms with Crippen molar-refractivity contribution in [3.8, 4) is 0 Å². The number of aryl methyl sites for hydroxylation is 4. The van der Waals surface area contributed by atoms with Gasteiger partial charge in [0, 0.05) is 42.6 Å². The quantitative estimate of drug-likeness (QED) is 0.406. The topological polar surface area (TPSA) is 75.3 Å². The first-order valence-electron chi connectivity index (χ1n) is 9.07. The number of rotatable bonds is 9. The van der Waals surface area contributed by atoms with Gasteiger partial charge in [0.05, 0.1) is 17.2 Å². The predicted octanol–water partition coefficient (Wildman–Crippen LogP) is 3.25. The average molecular weight is 364 g/mol. The molecular weight excluding hydrogens is 334 g/mol. The second-order valence-corrected chi connectivity index (χ2v) is 6.79. The summed E-state index contributed by atoms with van der Waals surface area (Å²) in [5.41, 5.74) is 3.24. The van der Waals surface area contributed by atoms with Crippen LogP contribution in [0.3, 0.4) is 0 Å². The van der Waals surface area contributed by atoms with Crippen LogP contribution >= 0.6 is 11.3 Å². The van der Waals surface area contributed by atoms with E-state index in [0.29, 0.717) is 6.54 Å². The van der Waals surface area contributed by atoms with Crippen molar-refractivity contribution in [2.24, 2.45) is 4.99 Å². The van der Waals surface area contributed by atoms with Gasteiger partial charge in [-0.15, -0.1) is 11.3 Å². The number of aromatic nitrogens is 2. The molecule has 0 aliphatic carbocycles. The van der Waals surface area contributed by atoms with E-state index in [1.807, 2.05) is 6.92 Å². The van der Waals surface area contributed by atoms with Crippen molar-refractivity contribution < 1.29 is 4.52 Å². The van der Waals surface area contributed by atoms with Gasteiger partial charge in [0.1, 0.15) is 5.76 Å². The molecule has 0 unspecified atom stereocenters. The maximum atomic E-state index is 5.41. The van der Waals surface area contributed by atoms with Gasteiger partial charge < -0.3 is 15.2 Å². The third-order valence-electron chi connectivity index (χ3n) is 3.87. The zero-order valence-corrected chi connectivity index (χ0v) is 16.5. The van der Waals surface area contributed by atoms with E-state index in [2.05, 4.69) is 46.9 Å². The maximum Gasteiger partial charge on any atom is 0.191 e. The molecule has 0 spiro atoms. The highest BCUT2D eigenvalue weighted by Crippen LogP contribution is 2.16. The molecule has 2 aromatic rings. The van der Waals surface area contributed by atoms with Crippen LogP contribution in [0.4, 0.5) is 0 Å². The molecule has 2 N–H and O–H groups in total. The summed E-state index contributed by atoms with van der Waals surface area (Å²) >= 11 is 1.73. The van der Waals surface area contributed by atoms with Gasteiger partial charge in [0.25, 0.3) is 0 Å². The van der Waals surface area contributed by atoms with Crippen molar-refractivity contribution in [2.45, 2.75) is 59.9 Å². The molecule has 6 nitrogen and oxygen atoms in total. The van der Waals surface area contributed by atoms with Gasteiger partial charge in [0.15, 0.2) is 5.96 Å². The number of hydrogen-bond acceptors (Lipinski definition) is 5. The van der Waals surface area contributed by atoms with Crippen LogP contribution in [0.15, 0.2) is 14.9 Å². The third-order valence-corrected chi connectivity index (χ3v) is 4.90. The molecule has 0 bridgehead atoms. The Kier molecular flexibility index (Phi) is 7.91. The molecule has 0 atom stereocenters. The van der Waals surface area contributed by atoms with Gasteiger partial charge >= 0.3 is 0 Å². The third kappa shape index (κ3) is 5.85. The van der Waals surface area contributed by atoms with E-state index in [9.17, 15) is 0 Å². The Balaban J connectivity index is 1.88. The fourth-order valence-corrected chi connectivity index (χ4v) is 3.40. The van der Waals surface area contributed by atoms with E-state index in [4.69, 9.17) is 9.52 Å². The number of nitrogens with one attached hydrogen (secondary N) is 2. The number of aliphatic imine (C=N–C) groups is 1. The molecule has 2 rings (SSSR count). The first-order chi connectivity index (χ1) is 12.2. The number of hydrogen-bond donors (Lipinski definition) is 2. The van der Waals surface area contributed by atoms with E-state index >= 15 is 0 Å². The Hall–Kier alpha value is -1.89. The summed E-state index contributed by atoms with van der Waals surface area (Å²) in [4.78, 5) is 9.20. The number of nitrogens with zero attached hydrogens (tertiary/aromatic N) is 3. The SMILES string of the molecule is CCNC(=NCc1c(CC)noc1CC)NCCCc1nc(C)cs1. The molecule has 138 valence electrons. The average Bonchev–Trinajstić information content (AvgIpc) is 3.21. The van der Waals surface area contributed by atoms with Crippen molar-refractivity contribution >= 4 is 17.3 Å². The Bertz CT molecular complexity index is 655. The van der Waals surface area contributed by atoms with Gasteiger partial charge in [-0.3, -0.25) is 0 Å². The molecule has 7 heteroatoms. The van der Waals surface area contributed by atoms with Crippen LogP contribution < -0.4 is 10.6 Å². The van der Waals surface area contributed by atoms with E-state index in [0.717, 1.165) is 67.4 Å². The molecule has 0 fully saturated rings. The van der Waals surface area contributed by atoms with Gasteiger partial charge in [-0.2, -0.15) is 0 Å². The Morgan fingerprint density at radius 1 is 1.24 bits per heavy atom. The minimum absolute atomic E-state index is 0.594. The van der Waals surface area contributed by atoms with Crippen LogP contribution in [-0.2, 0) is 25.8 Å². The van der Waals surface area contributed by atoms with Crippen LogP contribution in [0.1, 0.15) is 54.9 Å². The monoisotopic (exact) mass is 363 g/mol. The normalized spacial score (nSPS) is 11.8.